The number of hydrogen-bond donors (Lipinski definition) is 1. The van der Waals surface area contributed by atoms with Gasteiger partial charge in [-0.3, -0.25) is 4.79 Å². The van der Waals surface area contributed by atoms with Gasteiger partial charge in [0.2, 0.25) is 5.95 Å². The predicted octanol–water partition coefficient (Wildman–Crippen LogP) is 2.53. The van der Waals surface area contributed by atoms with Crippen LogP contribution in [-0.2, 0) is 0 Å². The normalized spacial score (nSPS) is 16.8. The highest BCUT2D eigenvalue weighted by Gasteiger charge is 2.25. The van der Waals surface area contributed by atoms with Crippen molar-refractivity contribution in [2.24, 2.45) is 0 Å². The summed E-state index contributed by atoms with van der Waals surface area (Å²) in [7, 11) is 0. The van der Waals surface area contributed by atoms with Crippen LogP contribution in [0.15, 0.2) is 47.2 Å². The highest BCUT2D eigenvalue weighted by atomic mass is 79.9. The Balaban J connectivity index is 1.47. The van der Waals surface area contributed by atoms with E-state index in [1.165, 1.54) is 0 Å². The summed E-state index contributed by atoms with van der Waals surface area (Å²) in [6.07, 6.45) is 5.34. The van der Waals surface area contributed by atoms with Crippen molar-refractivity contribution < 1.29 is 4.79 Å². The molecule has 1 amide bonds. The molecule has 1 aromatic carbocycles. The van der Waals surface area contributed by atoms with Crippen LogP contribution in [0, 0.1) is 6.92 Å². The zero-order valence-corrected chi connectivity index (χ0v) is 17.0. The lowest BCUT2D eigenvalue weighted by Crippen LogP contribution is -2.48. The highest BCUT2D eigenvalue weighted by molar-refractivity contribution is 9.10. The lowest BCUT2D eigenvalue weighted by Gasteiger charge is -2.32. The first-order valence-corrected chi connectivity index (χ1v) is 9.92. The third-order valence-electron chi connectivity index (χ3n) is 4.75. The number of hydrogen-bond acceptors (Lipinski definition) is 6. The SMILES string of the molecule is Cc1c(C(=O)NC2CCCN(c3ncccn3)C2)nnn1-c1cccc(Br)c1. The summed E-state index contributed by atoms with van der Waals surface area (Å²) < 4.78 is 2.61. The zero-order chi connectivity index (χ0) is 19.5. The van der Waals surface area contributed by atoms with E-state index in [1.807, 2.05) is 31.2 Å². The monoisotopic (exact) mass is 441 g/mol. The molecule has 0 bridgehead atoms. The fourth-order valence-corrected chi connectivity index (χ4v) is 3.76. The molecule has 4 rings (SSSR count). The fraction of sp³-hybridized carbons (Fsp3) is 0.316. The molecule has 1 fully saturated rings. The van der Waals surface area contributed by atoms with E-state index in [0.29, 0.717) is 23.9 Å². The van der Waals surface area contributed by atoms with E-state index in [9.17, 15) is 4.79 Å². The molecular weight excluding hydrogens is 422 g/mol. The molecule has 3 heterocycles. The molecule has 1 aliphatic heterocycles. The van der Waals surface area contributed by atoms with Crippen molar-refractivity contribution >= 4 is 27.8 Å². The molecule has 0 saturated carbocycles. The Hall–Kier alpha value is -2.81. The van der Waals surface area contributed by atoms with Crippen molar-refractivity contribution in [3.8, 4) is 5.69 Å². The lowest BCUT2D eigenvalue weighted by molar-refractivity contribution is 0.0927. The van der Waals surface area contributed by atoms with Gasteiger partial charge in [0.1, 0.15) is 0 Å². The molecular formula is C19H20BrN7O. The van der Waals surface area contributed by atoms with Crippen LogP contribution in [0.5, 0.6) is 0 Å². The molecule has 8 nitrogen and oxygen atoms in total. The van der Waals surface area contributed by atoms with Crippen molar-refractivity contribution in [3.05, 3.63) is 58.6 Å². The number of nitrogens with zero attached hydrogens (tertiary/aromatic N) is 6. The van der Waals surface area contributed by atoms with Crippen molar-refractivity contribution in [1.29, 1.82) is 0 Å². The maximum Gasteiger partial charge on any atom is 0.274 e. The number of rotatable bonds is 4. The number of halogens is 1. The topological polar surface area (TPSA) is 88.8 Å². The van der Waals surface area contributed by atoms with E-state index >= 15 is 0 Å². The van der Waals surface area contributed by atoms with E-state index in [4.69, 9.17) is 0 Å². The standard InChI is InChI=1S/C19H20BrN7O/c1-13-17(24-25-27(13)16-7-2-5-14(20)11-16)18(28)23-15-6-3-10-26(12-15)19-21-8-4-9-22-19/h2,4-5,7-9,11,15H,3,6,10,12H2,1H3,(H,23,28). The average Bonchev–Trinajstić information content (AvgIpc) is 3.10. The average molecular weight is 442 g/mol. The Labute approximate surface area is 171 Å². The second-order valence-electron chi connectivity index (χ2n) is 6.72. The van der Waals surface area contributed by atoms with Crippen LogP contribution in [0.3, 0.4) is 0 Å². The second kappa shape index (κ2) is 8.05. The summed E-state index contributed by atoms with van der Waals surface area (Å²) in [4.78, 5) is 23.5. The van der Waals surface area contributed by atoms with Crippen LogP contribution < -0.4 is 10.2 Å². The third-order valence-corrected chi connectivity index (χ3v) is 5.25. The first kappa shape index (κ1) is 18.5. The van der Waals surface area contributed by atoms with Crippen LogP contribution in [0.25, 0.3) is 5.69 Å². The van der Waals surface area contributed by atoms with Gasteiger partial charge in [0, 0.05) is 36.0 Å². The Kier molecular flexibility index (Phi) is 5.34. The maximum absolute atomic E-state index is 12.8. The molecule has 144 valence electrons. The minimum atomic E-state index is -0.209. The van der Waals surface area contributed by atoms with Gasteiger partial charge in [0.15, 0.2) is 5.69 Å². The van der Waals surface area contributed by atoms with E-state index in [2.05, 4.69) is 46.4 Å². The number of amides is 1. The Bertz CT molecular complexity index is 975. The van der Waals surface area contributed by atoms with Gasteiger partial charge in [0.25, 0.3) is 5.91 Å². The Morgan fingerprint density at radius 2 is 2.07 bits per heavy atom. The molecule has 1 N–H and O–H groups in total. The molecule has 0 spiro atoms. The van der Waals surface area contributed by atoms with Crippen LogP contribution in [0.1, 0.15) is 29.0 Å². The van der Waals surface area contributed by atoms with Crippen molar-refractivity contribution in [2.45, 2.75) is 25.8 Å². The van der Waals surface area contributed by atoms with Crippen LogP contribution in [0.2, 0.25) is 0 Å². The number of carbonyl (C=O) groups excluding carboxylic acids is 1. The molecule has 1 atom stereocenters. The number of aromatic nitrogens is 5. The number of anilines is 1. The molecule has 0 aliphatic carbocycles. The molecule has 9 heteroatoms. The molecule has 1 saturated heterocycles. The summed E-state index contributed by atoms with van der Waals surface area (Å²) in [6, 6.07) is 9.52. The highest BCUT2D eigenvalue weighted by Crippen LogP contribution is 2.18. The second-order valence-corrected chi connectivity index (χ2v) is 7.64. The summed E-state index contributed by atoms with van der Waals surface area (Å²) in [6.45, 7) is 3.41. The minimum Gasteiger partial charge on any atom is -0.346 e. The van der Waals surface area contributed by atoms with Gasteiger partial charge >= 0.3 is 0 Å². The van der Waals surface area contributed by atoms with Gasteiger partial charge in [-0.1, -0.05) is 27.2 Å². The quantitative estimate of drug-likeness (QED) is 0.668. The fourth-order valence-electron chi connectivity index (χ4n) is 3.38. The molecule has 28 heavy (non-hydrogen) atoms. The minimum absolute atomic E-state index is 0.0143. The van der Waals surface area contributed by atoms with Crippen LogP contribution in [-0.4, -0.2) is 50.0 Å². The van der Waals surface area contributed by atoms with Gasteiger partial charge in [-0.15, -0.1) is 5.10 Å². The van der Waals surface area contributed by atoms with Crippen molar-refractivity contribution in [2.75, 3.05) is 18.0 Å². The lowest BCUT2D eigenvalue weighted by atomic mass is 10.1. The smallest absolute Gasteiger partial charge is 0.274 e. The van der Waals surface area contributed by atoms with Crippen molar-refractivity contribution in [1.82, 2.24) is 30.3 Å². The molecule has 0 radical (unpaired) electrons. The maximum atomic E-state index is 12.8. The summed E-state index contributed by atoms with van der Waals surface area (Å²) in [5.41, 5.74) is 1.89. The molecule has 1 aliphatic rings. The van der Waals surface area contributed by atoms with E-state index in [1.54, 1.807) is 23.1 Å². The van der Waals surface area contributed by atoms with Gasteiger partial charge in [-0.05, 0) is 44.0 Å². The predicted molar refractivity (Wildman–Crippen MR) is 109 cm³/mol. The number of carbonyl (C=O) groups is 1. The Morgan fingerprint density at radius 3 is 2.86 bits per heavy atom. The molecule has 3 aromatic rings. The number of nitrogens with one attached hydrogen (secondary N) is 1. The third kappa shape index (κ3) is 3.89. The zero-order valence-electron chi connectivity index (χ0n) is 15.4. The van der Waals surface area contributed by atoms with Gasteiger partial charge in [-0.25, -0.2) is 14.6 Å². The van der Waals surface area contributed by atoms with E-state index in [0.717, 1.165) is 29.5 Å². The molecule has 1 unspecified atom stereocenters. The van der Waals surface area contributed by atoms with Crippen LogP contribution >= 0.6 is 15.9 Å². The van der Waals surface area contributed by atoms with Gasteiger partial charge in [-0.2, -0.15) is 0 Å². The Morgan fingerprint density at radius 1 is 1.25 bits per heavy atom. The first-order chi connectivity index (χ1) is 13.6. The summed E-state index contributed by atoms with van der Waals surface area (Å²) in [5, 5.41) is 11.4. The van der Waals surface area contributed by atoms with Gasteiger partial charge in [0.05, 0.1) is 11.4 Å². The van der Waals surface area contributed by atoms with E-state index in [-0.39, 0.29) is 11.9 Å². The number of piperidine rings is 1. The van der Waals surface area contributed by atoms with Crippen molar-refractivity contribution in [3.63, 3.8) is 0 Å². The number of benzene rings is 1. The first-order valence-electron chi connectivity index (χ1n) is 9.13. The largest absolute Gasteiger partial charge is 0.346 e. The molecule has 2 aromatic heterocycles. The van der Waals surface area contributed by atoms with Crippen LogP contribution in [0.4, 0.5) is 5.95 Å². The summed E-state index contributed by atoms with van der Waals surface area (Å²) in [5.74, 6) is 0.484. The van der Waals surface area contributed by atoms with Gasteiger partial charge < -0.3 is 10.2 Å². The van der Waals surface area contributed by atoms with E-state index < -0.39 is 0 Å². The summed E-state index contributed by atoms with van der Waals surface area (Å²) >= 11 is 3.45.